The molecule has 0 aromatic heterocycles. The van der Waals surface area contributed by atoms with Crippen molar-refractivity contribution in [3.63, 3.8) is 0 Å². The van der Waals surface area contributed by atoms with Crippen LogP contribution in [0.3, 0.4) is 0 Å². The molecule has 0 saturated carbocycles. The number of carbonyl (C=O) groups excluding carboxylic acids is 3. The van der Waals surface area contributed by atoms with E-state index < -0.39 is 11.8 Å². The number of anilines is 2. The van der Waals surface area contributed by atoms with Crippen LogP contribution in [-0.4, -0.2) is 30.2 Å². The van der Waals surface area contributed by atoms with Crippen LogP contribution < -0.4 is 25.5 Å². The summed E-state index contributed by atoms with van der Waals surface area (Å²) in [6, 6.07) is 13.6. The maximum absolute atomic E-state index is 12.1. The number of fused-ring (bicyclic) bond motifs is 1. The van der Waals surface area contributed by atoms with Crippen molar-refractivity contribution >= 4 is 34.8 Å². The number of rotatable bonds is 5. The first-order chi connectivity index (χ1) is 13.5. The highest BCUT2D eigenvalue weighted by atomic mass is 16.7. The van der Waals surface area contributed by atoms with E-state index in [0.29, 0.717) is 28.6 Å². The number of nitrogens with zero attached hydrogens (tertiary/aromatic N) is 1. The molecule has 2 aromatic carbocycles. The lowest BCUT2D eigenvalue weighted by molar-refractivity contribution is -0.136. The van der Waals surface area contributed by atoms with E-state index in [0.717, 1.165) is 0 Å². The Balaban J connectivity index is 1.47. The van der Waals surface area contributed by atoms with Gasteiger partial charge in [0, 0.05) is 23.2 Å². The average Bonchev–Trinajstić information content (AvgIpc) is 3.14. The molecule has 2 aromatic rings. The summed E-state index contributed by atoms with van der Waals surface area (Å²) in [7, 11) is 0. The lowest BCUT2D eigenvalue weighted by Crippen LogP contribution is -2.33. The number of hydrazone groups is 1. The molecule has 3 amide bonds. The molecule has 9 heteroatoms. The molecule has 0 spiro atoms. The van der Waals surface area contributed by atoms with Gasteiger partial charge in [-0.2, -0.15) is 5.10 Å². The topological polar surface area (TPSA) is 118 Å². The van der Waals surface area contributed by atoms with E-state index in [9.17, 15) is 14.4 Å². The Kier molecular flexibility index (Phi) is 5.85. The van der Waals surface area contributed by atoms with Crippen molar-refractivity contribution in [2.24, 2.45) is 5.10 Å². The summed E-state index contributed by atoms with van der Waals surface area (Å²) in [5.74, 6) is -0.942. The molecule has 28 heavy (non-hydrogen) atoms. The Labute approximate surface area is 160 Å². The van der Waals surface area contributed by atoms with Crippen LogP contribution in [0.4, 0.5) is 11.4 Å². The maximum atomic E-state index is 12.1. The summed E-state index contributed by atoms with van der Waals surface area (Å²) in [6.45, 7) is 1.71. The van der Waals surface area contributed by atoms with Crippen LogP contribution >= 0.6 is 0 Å². The first-order valence-electron chi connectivity index (χ1n) is 8.40. The summed E-state index contributed by atoms with van der Waals surface area (Å²) in [5.41, 5.74) is 3.50. The summed E-state index contributed by atoms with van der Waals surface area (Å²) >= 11 is 0. The smallest absolute Gasteiger partial charge is 0.329 e. The molecule has 0 aliphatic carbocycles. The first kappa shape index (κ1) is 18.9. The van der Waals surface area contributed by atoms with Crippen molar-refractivity contribution in [1.82, 2.24) is 5.43 Å². The molecule has 1 aliphatic rings. The SMILES string of the molecule is C/C(CC(=O)Nc1ccc2c(c1)OCO2)=N\NC(=O)C(=O)Nc1ccccc1. The van der Waals surface area contributed by atoms with Crippen molar-refractivity contribution in [2.45, 2.75) is 13.3 Å². The van der Waals surface area contributed by atoms with Crippen LogP contribution in [0.5, 0.6) is 11.5 Å². The van der Waals surface area contributed by atoms with E-state index in [1.54, 1.807) is 55.5 Å². The minimum atomic E-state index is -0.931. The normalized spacial score (nSPS) is 12.2. The van der Waals surface area contributed by atoms with Gasteiger partial charge in [-0.1, -0.05) is 18.2 Å². The van der Waals surface area contributed by atoms with Crippen LogP contribution in [0.2, 0.25) is 0 Å². The van der Waals surface area contributed by atoms with E-state index in [1.165, 1.54) is 0 Å². The predicted octanol–water partition coefficient (Wildman–Crippen LogP) is 1.87. The molecule has 0 bridgehead atoms. The van der Waals surface area contributed by atoms with Gasteiger partial charge in [-0.3, -0.25) is 14.4 Å². The Morgan fingerprint density at radius 3 is 2.46 bits per heavy atom. The molecule has 1 aliphatic heterocycles. The fourth-order valence-electron chi connectivity index (χ4n) is 2.36. The number of para-hydroxylation sites is 1. The standard InChI is InChI=1S/C19H18N4O5/c1-12(22-23-19(26)18(25)21-13-5-3-2-4-6-13)9-17(24)20-14-7-8-15-16(10-14)28-11-27-15/h2-8,10H,9,11H2,1H3,(H,20,24)(H,21,25)(H,23,26)/b22-12+. The monoisotopic (exact) mass is 382 g/mol. The zero-order chi connectivity index (χ0) is 19.9. The van der Waals surface area contributed by atoms with Crippen molar-refractivity contribution in [1.29, 1.82) is 0 Å². The first-order valence-corrected chi connectivity index (χ1v) is 8.40. The third-order valence-electron chi connectivity index (χ3n) is 3.66. The molecule has 0 saturated heterocycles. The van der Waals surface area contributed by atoms with E-state index in [4.69, 9.17) is 9.47 Å². The lowest BCUT2D eigenvalue weighted by Gasteiger charge is -2.07. The van der Waals surface area contributed by atoms with Gasteiger partial charge in [-0.25, -0.2) is 5.43 Å². The average molecular weight is 382 g/mol. The summed E-state index contributed by atoms with van der Waals surface area (Å²) in [6.07, 6.45) is -0.0605. The summed E-state index contributed by atoms with van der Waals surface area (Å²) in [4.78, 5) is 35.7. The van der Waals surface area contributed by atoms with E-state index >= 15 is 0 Å². The molecule has 0 fully saturated rings. The van der Waals surface area contributed by atoms with Gasteiger partial charge in [-0.05, 0) is 31.2 Å². The maximum Gasteiger partial charge on any atom is 0.329 e. The van der Waals surface area contributed by atoms with E-state index in [-0.39, 0.29) is 19.1 Å². The van der Waals surface area contributed by atoms with Gasteiger partial charge in [-0.15, -0.1) is 0 Å². The number of amides is 3. The van der Waals surface area contributed by atoms with Crippen molar-refractivity contribution in [2.75, 3.05) is 17.4 Å². The molecule has 144 valence electrons. The predicted molar refractivity (Wildman–Crippen MR) is 102 cm³/mol. The van der Waals surface area contributed by atoms with Gasteiger partial charge >= 0.3 is 11.8 Å². The largest absolute Gasteiger partial charge is 0.454 e. The van der Waals surface area contributed by atoms with Gasteiger partial charge in [0.1, 0.15) is 0 Å². The van der Waals surface area contributed by atoms with Gasteiger partial charge in [0.15, 0.2) is 11.5 Å². The van der Waals surface area contributed by atoms with Crippen LogP contribution in [-0.2, 0) is 14.4 Å². The molecule has 9 nitrogen and oxygen atoms in total. The van der Waals surface area contributed by atoms with Crippen LogP contribution in [0, 0.1) is 0 Å². The van der Waals surface area contributed by atoms with Crippen LogP contribution in [0.25, 0.3) is 0 Å². The van der Waals surface area contributed by atoms with Gasteiger partial charge in [0.25, 0.3) is 0 Å². The van der Waals surface area contributed by atoms with Gasteiger partial charge in [0.05, 0.1) is 6.42 Å². The molecular formula is C19H18N4O5. The third-order valence-corrected chi connectivity index (χ3v) is 3.66. The summed E-state index contributed by atoms with van der Waals surface area (Å²) < 4.78 is 10.5. The highest BCUT2D eigenvalue weighted by Gasteiger charge is 2.15. The number of hydrogen-bond acceptors (Lipinski definition) is 6. The molecular weight excluding hydrogens is 364 g/mol. The van der Waals surface area contributed by atoms with Crippen LogP contribution in [0.1, 0.15) is 13.3 Å². The number of ether oxygens (including phenoxy) is 2. The highest BCUT2D eigenvalue weighted by molar-refractivity contribution is 6.39. The molecule has 3 N–H and O–H groups in total. The Hall–Kier alpha value is -3.88. The molecule has 1 heterocycles. The number of carbonyl (C=O) groups is 3. The highest BCUT2D eigenvalue weighted by Crippen LogP contribution is 2.34. The van der Waals surface area contributed by atoms with Gasteiger partial charge < -0.3 is 20.1 Å². The van der Waals surface area contributed by atoms with Gasteiger partial charge in [0.2, 0.25) is 12.7 Å². The molecule has 0 unspecified atom stereocenters. The van der Waals surface area contributed by atoms with Crippen molar-refractivity contribution in [3.05, 3.63) is 48.5 Å². The lowest BCUT2D eigenvalue weighted by atomic mass is 10.2. The number of hydrogen-bond donors (Lipinski definition) is 3. The van der Waals surface area contributed by atoms with Crippen LogP contribution in [0.15, 0.2) is 53.6 Å². The number of benzene rings is 2. The summed E-state index contributed by atoms with van der Waals surface area (Å²) in [5, 5.41) is 8.91. The second-order valence-corrected chi connectivity index (χ2v) is 5.90. The minimum Gasteiger partial charge on any atom is -0.454 e. The van der Waals surface area contributed by atoms with Crippen molar-refractivity contribution < 1.29 is 23.9 Å². The van der Waals surface area contributed by atoms with E-state index in [1.807, 2.05) is 0 Å². The zero-order valence-electron chi connectivity index (χ0n) is 15.0. The fraction of sp³-hybridized carbons (Fsp3) is 0.158. The fourth-order valence-corrected chi connectivity index (χ4v) is 2.36. The molecule has 0 radical (unpaired) electrons. The Bertz CT molecular complexity index is 927. The number of nitrogens with one attached hydrogen (secondary N) is 3. The third kappa shape index (κ3) is 5.07. The Morgan fingerprint density at radius 1 is 0.929 bits per heavy atom. The molecule has 0 atom stereocenters. The minimum absolute atomic E-state index is 0.0605. The second kappa shape index (κ2) is 8.67. The second-order valence-electron chi connectivity index (χ2n) is 5.90. The van der Waals surface area contributed by atoms with Crippen molar-refractivity contribution in [3.8, 4) is 11.5 Å². The molecule has 3 rings (SSSR count). The van der Waals surface area contributed by atoms with E-state index in [2.05, 4.69) is 21.2 Å². The Morgan fingerprint density at radius 2 is 1.68 bits per heavy atom. The quantitative estimate of drug-likeness (QED) is 0.414. The zero-order valence-corrected chi connectivity index (χ0v) is 15.0.